The number of hydrogen-bond donors (Lipinski definition) is 1. The first-order chi connectivity index (χ1) is 10.2. The van der Waals surface area contributed by atoms with Gasteiger partial charge in [-0.1, -0.05) is 11.6 Å². The molecule has 0 radical (unpaired) electrons. The van der Waals surface area contributed by atoms with Gasteiger partial charge in [-0.15, -0.1) is 0 Å². The molecule has 2 N–H and O–H groups in total. The third-order valence-corrected chi connectivity index (χ3v) is 3.86. The summed E-state index contributed by atoms with van der Waals surface area (Å²) in [5.41, 5.74) is 7.09. The summed E-state index contributed by atoms with van der Waals surface area (Å²) >= 11 is 6.20. The summed E-state index contributed by atoms with van der Waals surface area (Å²) in [5.74, 6) is 0. The minimum absolute atomic E-state index is 0.242. The van der Waals surface area contributed by atoms with E-state index < -0.39 is 5.60 Å². The Bertz CT molecular complexity index is 535. The first kappa shape index (κ1) is 16.9. The van der Waals surface area contributed by atoms with Gasteiger partial charge in [-0.05, 0) is 44.5 Å². The molecule has 0 aromatic heterocycles. The van der Waals surface area contributed by atoms with Gasteiger partial charge in [0.25, 0.3) is 0 Å². The largest absolute Gasteiger partial charge is 0.444 e. The van der Waals surface area contributed by atoms with Gasteiger partial charge in [0.15, 0.2) is 0 Å². The lowest BCUT2D eigenvalue weighted by Crippen LogP contribution is -2.49. The Balaban J connectivity index is 1.87. The van der Waals surface area contributed by atoms with Gasteiger partial charge in [0.1, 0.15) is 5.60 Å². The van der Waals surface area contributed by atoms with Gasteiger partial charge in [0.2, 0.25) is 0 Å². The molecule has 1 aromatic carbocycles. The molecule has 1 heterocycles. The number of nitrogen functional groups attached to an aromatic ring is 1. The van der Waals surface area contributed by atoms with E-state index in [0.717, 1.165) is 30.2 Å². The molecule has 1 amide bonds. The van der Waals surface area contributed by atoms with Crippen LogP contribution in [0.2, 0.25) is 5.02 Å². The number of amides is 1. The van der Waals surface area contributed by atoms with Crippen molar-refractivity contribution >= 4 is 23.4 Å². The first-order valence-electron chi connectivity index (χ1n) is 7.49. The minimum Gasteiger partial charge on any atom is -0.444 e. The Morgan fingerprint density at radius 2 is 1.91 bits per heavy atom. The van der Waals surface area contributed by atoms with Gasteiger partial charge in [-0.3, -0.25) is 4.90 Å². The van der Waals surface area contributed by atoms with Crippen LogP contribution >= 0.6 is 11.6 Å². The molecule has 1 aliphatic rings. The van der Waals surface area contributed by atoms with E-state index >= 15 is 0 Å². The molecule has 0 aliphatic carbocycles. The number of hydrogen-bond acceptors (Lipinski definition) is 4. The van der Waals surface area contributed by atoms with E-state index in [2.05, 4.69) is 4.90 Å². The Morgan fingerprint density at radius 1 is 1.27 bits per heavy atom. The third kappa shape index (κ3) is 4.78. The fourth-order valence-electron chi connectivity index (χ4n) is 2.37. The molecule has 122 valence electrons. The number of carbonyl (C=O) groups is 1. The lowest BCUT2D eigenvalue weighted by molar-refractivity contribution is 0.0139. The fraction of sp³-hybridized carbons (Fsp3) is 0.562. The molecule has 1 aliphatic heterocycles. The average Bonchev–Trinajstić information content (AvgIpc) is 2.42. The lowest BCUT2D eigenvalue weighted by atomic mass is 10.1. The number of piperazine rings is 1. The van der Waals surface area contributed by atoms with Crippen LogP contribution in [0, 0.1) is 0 Å². The highest BCUT2D eigenvalue weighted by molar-refractivity contribution is 6.31. The Morgan fingerprint density at radius 3 is 2.50 bits per heavy atom. The number of benzene rings is 1. The van der Waals surface area contributed by atoms with Crippen LogP contribution in [-0.2, 0) is 11.3 Å². The van der Waals surface area contributed by atoms with Gasteiger partial charge >= 0.3 is 6.09 Å². The predicted octanol–water partition coefficient (Wildman–Crippen LogP) is 2.97. The van der Waals surface area contributed by atoms with E-state index in [0.29, 0.717) is 18.8 Å². The number of carbonyl (C=O) groups excluding carboxylic acids is 1. The number of nitrogens with zero attached hydrogens (tertiary/aromatic N) is 2. The maximum absolute atomic E-state index is 12.0. The van der Waals surface area contributed by atoms with E-state index in [1.54, 1.807) is 11.0 Å². The molecule has 0 bridgehead atoms. The summed E-state index contributed by atoms with van der Waals surface area (Å²) in [7, 11) is 0. The molecule has 0 spiro atoms. The van der Waals surface area contributed by atoms with Crippen LogP contribution in [0.1, 0.15) is 26.3 Å². The number of rotatable bonds is 2. The predicted molar refractivity (Wildman–Crippen MR) is 88.9 cm³/mol. The molecule has 0 saturated carbocycles. The van der Waals surface area contributed by atoms with E-state index in [4.69, 9.17) is 22.1 Å². The second-order valence-corrected chi connectivity index (χ2v) is 7.00. The third-order valence-electron chi connectivity index (χ3n) is 3.49. The summed E-state index contributed by atoms with van der Waals surface area (Å²) in [6, 6.07) is 5.53. The summed E-state index contributed by atoms with van der Waals surface area (Å²) in [6.07, 6.45) is -0.242. The van der Waals surface area contributed by atoms with Crippen molar-refractivity contribution in [2.75, 3.05) is 31.9 Å². The van der Waals surface area contributed by atoms with Crippen molar-refractivity contribution in [3.8, 4) is 0 Å². The molecule has 1 aromatic rings. The van der Waals surface area contributed by atoms with Gasteiger partial charge in [-0.25, -0.2) is 4.79 Å². The minimum atomic E-state index is -0.455. The Labute approximate surface area is 137 Å². The van der Waals surface area contributed by atoms with E-state index in [1.807, 2.05) is 32.9 Å². The maximum Gasteiger partial charge on any atom is 0.410 e. The molecule has 6 heteroatoms. The van der Waals surface area contributed by atoms with Crippen molar-refractivity contribution < 1.29 is 9.53 Å². The van der Waals surface area contributed by atoms with Crippen LogP contribution in [0.5, 0.6) is 0 Å². The van der Waals surface area contributed by atoms with Crippen LogP contribution in [-0.4, -0.2) is 47.7 Å². The van der Waals surface area contributed by atoms with Crippen molar-refractivity contribution in [1.82, 2.24) is 9.80 Å². The molecule has 5 nitrogen and oxygen atoms in total. The standard InChI is InChI=1S/C16H24ClN3O2/c1-16(2,3)22-15(21)20-8-6-19(7-9-20)11-12-10-13(18)4-5-14(12)17/h4-5,10H,6-9,11,18H2,1-3H3. The molecular weight excluding hydrogens is 302 g/mol. The zero-order valence-corrected chi connectivity index (χ0v) is 14.2. The number of anilines is 1. The summed E-state index contributed by atoms with van der Waals surface area (Å²) in [6.45, 7) is 9.29. The van der Waals surface area contributed by atoms with Crippen LogP contribution in [0.4, 0.5) is 10.5 Å². The monoisotopic (exact) mass is 325 g/mol. The average molecular weight is 326 g/mol. The number of ether oxygens (including phenoxy) is 1. The van der Waals surface area contributed by atoms with Gasteiger partial charge in [0, 0.05) is 43.4 Å². The van der Waals surface area contributed by atoms with Gasteiger partial charge in [0.05, 0.1) is 0 Å². The van der Waals surface area contributed by atoms with E-state index in [9.17, 15) is 4.79 Å². The van der Waals surface area contributed by atoms with E-state index in [-0.39, 0.29) is 6.09 Å². The second-order valence-electron chi connectivity index (χ2n) is 6.59. The molecular formula is C16H24ClN3O2. The van der Waals surface area contributed by atoms with Crippen LogP contribution in [0.3, 0.4) is 0 Å². The highest BCUT2D eigenvalue weighted by Gasteiger charge is 2.25. The van der Waals surface area contributed by atoms with Crippen molar-refractivity contribution in [1.29, 1.82) is 0 Å². The summed E-state index contributed by atoms with van der Waals surface area (Å²) < 4.78 is 5.40. The zero-order valence-electron chi connectivity index (χ0n) is 13.4. The van der Waals surface area contributed by atoms with Crippen molar-refractivity contribution in [3.63, 3.8) is 0 Å². The highest BCUT2D eigenvalue weighted by Crippen LogP contribution is 2.21. The van der Waals surface area contributed by atoms with E-state index in [1.165, 1.54) is 0 Å². The molecule has 2 rings (SSSR count). The van der Waals surface area contributed by atoms with Crippen LogP contribution in [0.25, 0.3) is 0 Å². The van der Waals surface area contributed by atoms with Crippen LogP contribution in [0.15, 0.2) is 18.2 Å². The number of halogens is 1. The molecule has 1 saturated heterocycles. The van der Waals surface area contributed by atoms with Crippen molar-refractivity contribution in [2.24, 2.45) is 0 Å². The normalized spacial score (nSPS) is 16.6. The first-order valence-corrected chi connectivity index (χ1v) is 7.86. The fourth-order valence-corrected chi connectivity index (χ4v) is 2.55. The molecule has 1 fully saturated rings. The van der Waals surface area contributed by atoms with Gasteiger partial charge in [-0.2, -0.15) is 0 Å². The number of nitrogens with two attached hydrogens (primary N) is 1. The second kappa shape index (κ2) is 6.75. The Hall–Kier alpha value is -1.46. The molecule has 0 atom stereocenters. The zero-order chi connectivity index (χ0) is 16.3. The smallest absolute Gasteiger partial charge is 0.410 e. The van der Waals surface area contributed by atoms with Crippen molar-refractivity contribution in [2.45, 2.75) is 32.9 Å². The Kier molecular flexibility index (Phi) is 5.19. The highest BCUT2D eigenvalue weighted by atomic mass is 35.5. The summed E-state index contributed by atoms with van der Waals surface area (Å²) in [5, 5.41) is 0.726. The summed E-state index contributed by atoms with van der Waals surface area (Å²) in [4.78, 5) is 16.0. The lowest BCUT2D eigenvalue weighted by Gasteiger charge is -2.35. The maximum atomic E-state index is 12.0. The van der Waals surface area contributed by atoms with Crippen molar-refractivity contribution in [3.05, 3.63) is 28.8 Å². The SMILES string of the molecule is CC(C)(C)OC(=O)N1CCN(Cc2cc(N)ccc2Cl)CC1. The quantitative estimate of drug-likeness (QED) is 0.849. The molecule has 0 unspecified atom stereocenters. The topological polar surface area (TPSA) is 58.8 Å². The van der Waals surface area contributed by atoms with Crippen LogP contribution < -0.4 is 5.73 Å². The molecule has 22 heavy (non-hydrogen) atoms. The van der Waals surface area contributed by atoms with Gasteiger partial charge < -0.3 is 15.4 Å².